The van der Waals surface area contributed by atoms with Crippen molar-refractivity contribution < 1.29 is 0 Å². The number of hydrazine groups is 1. The van der Waals surface area contributed by atoms with E-state index in [1.165, 1.54) is 11.8 Å². The third-order valence-corrected chi connectivity index (χ3v) is 3.18. The zero-order valence-electron chi connectivity index (χ0n) is 9.14. The van der Waals surface area contributed by atoms with Crippen molar-refractivity contribution in [3.05, 3.63) is 41.2 Å². The molecule has 1 heterocycles. The van der Waals surface area contributed by atoms with E-state index in [4.69, 9.17) is 17.4 Å². The number of nitrogens with one attached hydrogen (secondary N) is 1. The van der Waals surface area contributed by atoms with Crippen LogP contribution < -0.4 is 11.3 Å². The molecule has 2 aromatic rings. The van der Waals surface area contributed by atoms with Crippen LogP contribution in [0.15, 0.2) is 40.3 Å². The van der Waals surface area contributed by atoms with Gasteiger partial charge in [-0.1, -0.05) is 23.4 Å². The summed E-state index contributed by atoms with van der Waals surface area (Å²) in [6, 6.07) is 9.38. The lowest BCUT2D eigenvalue weighted by atomic mass is 10.4. The van der Waals surface area contributed by atoms with Crippen molar-refractivity contribution in [1.29, 1.82) is 0 Å². The number of nitrogens with zero attached hydrogens (tertiary/aromatic N) is 2. The Balaban J connectivity index is 2.23. The van der Waals surface area contributed by atoms with Gasteiger partial charge in [0.05, 0.1) is 0 Å². The highest BCUT2D eigenvalue weighted by molar-refractivity contribution is 7.99. The zero-order chi connectivity index (χ0) is 12.3. The molecule has 2 rings (SSSR count). The summed E-state index contributed by atoms with van der Waals surface area (Å²) >= 11 is 7.36. The van der Waals surface area contributed by atoms with Crippen LogP contribution in [-0.4, -0.2) is 9.97 Å². The summed E-state index contributed by atoms with van der Waals surface area (Å²) in [5, 5.41) is 1.56. The molecule has 0 aliphatic rings. The van der Waals surface area contributed by atoms with Crippen molar-refractivity contribution >= 4 is 29.2 Å². The Bertz CT molecular complexity index is 515. The Morgan fingerprint density at radius 2 is 1.94 bits per heavy atom. The maximum absolute atomic E-state index is 5.83. The van der Waals surface area contributed by atoms with Gasteiger partial charge in [-0.05, 0) is 31.2 Å². The number of benzene rings is 1. The van der Waals surface area contributed by atoms with Crippen molar-refractivity contribution in [2.24, 2.45) is 5.84 Å². The number of aryl methyl sites for hydroxylation is 1. The predicted molar refractivity (Wildman–Crippen MR) is 70.2 cm³/mol. The monoisotopic (exact) mass is 266 g/mol. The standard InChI is InChI=1S/C11H11ClN4S/c1-7-14-10(16-13)6-11(15-7)17-9-4-2-8(12)3-5-9/h2-6H,13H2,1H3,(H,14,15,16). The number of halogens is 1. The van der Waals surface area contributed by atoms with Gasteiger partial charge < -0.3 is 5.43 Å². The van der Waals surface area contributed by atoms with Gasteiger partial charge in [-0.2, -0.15) is 0 Å². The largest absolute Gasteiger partial charge is 0.308 e. The molecule has 1 aromatic carbocycles. The minimum absolute atomic E-state index is 0.606. The van der Waals surface area contributed by atoms with Gasteiger partial charge >= 0.3 is 0 Å². The van der Waals surface area contributed by atoms with Crippen molar-refractivity contribution in [1.82, 2.24) is 9.97 Å². The smallest absolute Gasteiger partial charge is 0.144 e. The lowest BCUT2D eigenvalue weighted by Crippen LogP contribution is -2.09. The highest BCUT2D eigenvalue weighted by Crippen LogP contribution is 2.28. The molecule has 6 heteroatoms. The average molecular weight is 267 g/mol. The Labute approximate surface area is 109 Å². The van der Waals surface area contributed by atoms with Crippen molar-refractivity contribution in [3.8, 4) is 0 Å². The first-order chi connectivity index (χ1) is 8.17. The molecule has 0 aliphatic heterocycles. The second-order valence-corrected chi connectivity index (χ2v) is 4.87. The summed E-state index contributed by atoms with van der Waals surface area (Å²) < 4.78 is 0. The Morgan fingerprint density at radius 1 is 1.24 bits per heavy atom. The Morgan fingerprint density at radius 3 is 2.59 bits per heavy atom. The van der Waals surface area contributed by atoms with Gasteiger partial charge in [0.15, 0.2) is 0 Å². The van der Waals surface area contributed by atoms with Gasteiger partial charge in [0.25, 0.3) is 0 Å². The number of nitrogen functional groups attached to an aromatic ring is 1. The molecule has 0 saturated heterocycles. The van der Waals surface area contributed by atoms with E-state index in [0.717, 1.165) is 14.9 Å². The van der Waals surface area contributed by atoms with Crippen LogP contribution in [0.25, 0.3) is 0 Å². The molecule has 0 unspecified atom stereocenters. The van der Waals surface area contributed by atoms with Gasteiger partial charge in [-0.15, -0.1) is 0 Å². The van der Waals surface area contributed by atoms with Gasteiger partial charge in [-0.25, -0.2) is 15.8 Å². The van der Waals surface area contributed by atoms with Gasteiger partial charge in [0.1, 0.15) is 16.7 Å². The van der Waals surface area contributed by atoms with Crippen LogP contribution in [0, 0.1) is 6.92 Å². The average Bonchev–Trinajstić information content (AvgIpc) is 2.31. The van der Waals surface area contributed by atoms with Crippen LogP contribution in [0.5, 0.6) is 0 Å². The van der Waals surface area contributed by atoms with E-state index in [1.54, 1.807) is 6.07 Å². The van der Waals surface area contributed by atoms with Gasteiger partial charge in [0, 0.05) is 16.0 Å². The van der Waals surface area contributed by atoms with Gasteiger partial charge in [-0.3, -0.25) is 0 Å². The maximum atomic E-state index is 5.83. The maximum Gasteiger partial charge on any atom is 0.144 e. The molecule has 1 aromatic heterocycles. The van der Waals surface area contributed by atoms with E-state index in [0.29, 0.717) is 11.6 Å². The van der Waals surface area contributed by atoms with E-state index in [-0.39, 0.29) is 0 Å². The molecule has 3 N–H and O–H groups in total. The van der Waals surface area contributed by atoms with Crippen LogP contribution in [0.3, 0.4) is 0 Å². The number of hydrogen-bond donors (Lipinski definition) is 2. The molecule has 0 radical (unpaired) electrons. The third kappa shape index (κ3) is 3.33. The first-order valence-electron chi connectivity index (χ1n) is 4.93. The third-order valence-electron chi connectivity index (χ3n) is 2.00. The van der Waals surface area contributed by atoms with Crippen LogP contribution in [-0.2, 0) is 0 Å². The van der Waals surface area contributed by atoms with Crippen LogP contribution >= 0.6 is 23.4 Å². The molecule has 88 valence electrons. The minimum atomic E-state index is 0.606. The van der Waals surface area contributed by atoms with E-state index in [9.17, 15) is 0 Å². The lowest BCUT2D eigenvalue weighted by molar-refractivity contribution is 0.964. The molecule has 0 spiro atoms. The summed E-state index contributed by atoms with van der Waals surface area (Å²) in [6.45, 7) is 1.83. The van der Waals surface area contributed by atoms with E-state index < -0.39 is 0 Å². The van der Waals surface area contributed by atoms with Crippen LogP contribution in [0.2, 0.25) is 5.02 Å². The van der Waals surface area contributed by atoms with Crippen molar-refractivity contribution in [3.63, 3.8) is 0 Å². The molecule has 0 fully saturated rings. The molecule has 0 amide bonds. The highest BCUT2D eigenvalue weighted by Gasteiger charge is 2.03. The number of nitrogens with two attached hydrogens (primary N) is 1. The second kappa shape index (κ2) is 5.35. The summed E-state index contributed by atoms with van der Waals surface area (Å²) in [7, 11) is 0. The molecule has 0 aliphatic carbocycles. The first kappa shape index (κ1) is 12.2. The summed E-state index contributed by atoms with van der Waals surface area (Å²) in [4.78, 5) is 9.51. The minimum Gasteiger partial charge on any atom is -0.308 e. The quantitative estimate of drug-likeness (QED) is 0.508. The number of rotatable bonds is 3. The van der Waals surface area contributed by atoms with Crippen molar-refractivity contribution in [2.45, 2.75) is 16.8 Å². The Kier molecular flexibility index (Phi) is 3.83. The number of hydrogen-bond acceptors (Lipinski definition) is 5. The molecule has 0 atom stereocenters. The fourth-order valence-corrected chi connectivity index (χ4v) is 2.28. The summed E-state index contributed by atoms with van der Waals surface area (Å²) in [5.74, 6) is 6.62. The summed E-state index contributed by atoms with van der Waals surface area (Å²) in [5.41, 5.74) is 2.52. The highest BCUT2D eigenvalue weighted by atomic mass is 35.5. The second-order valence-electron chi connectivity index (χ2n) is 3.34. The van der Waals surface area contributed by atoms with Crippen molar-refractivity contribution in [2.75, 3.05) is 5.43 Å². The molecular formula is C11H11ClN4S. The zero-order valence-corrected chi connectivity index (χ0v) is 10.7. The molecular weight excluding hydrogens is 256 g/mol. The first-order valence-corrected chi connectivity index (χ1v) is 6.12. The summed E-state index contributed by atoms with van der Waals surface area (Å²) in [6.07, 6.45) is 0. The molecule has 0 bridgehead atoms. The Hall–Kier alpha value is -1.30. The van der Waals surface area contributed by atoms with Gasteiger partial charge in [0.2, 0.25) is 0 Å². The van der Waals surface area contributed by atoms with E-state index >= 15 is 0 Å². The normalized spacial score (nSPS) is 10.3. The SMILES string of the molecule is Cc1nc(NN)cc(Sc2ccc(Cl)cc2)n1. The molecule has 17 heavy (non-hydrogen) atoms. The number of aromatic nitrogens is 2. The molecule has 0 saturated carbocycles. The lowest BCUT2D eigenvalue weighted by Gasteiger charge is -2.05. The topological polar surface area (TPSA) is 63.8 Å². The molecule has 4 nitrogen and oxygen atoms in total. The van der Waals surface area contributed by atoms with E-state index in [2.05, 4.69) is 15.4 Å². The fraction of sp³-hybridized carbons (Fsp3) is 0.0909. The van der Waals surface area contributed by atoms with E-state index in [1.807, 2.05) is 31.2 Å². The predicted octanol–water partition coefficient (Wildman–Crippen LogP) is 2.88. The fourth-order valence-electron chi connectivity index (χ4n) is 1.29. The van der Waals surface area contributed by atoms with Crippen LogP contribution in [0.1, 0.15) is 5.82 Å². The number of anilines is 1. The van der Waals surface area contributed by atoms with Crippen LogP contribution in [0.4, 0.5) is 5.82 Å².